The highest BCUT2D eigenvalue weighted by molar-refractivity contribution is 7.11. The molecule has 1 N–H and O–H groups in total. The Balaban J connectivity index is 2.31. The summed E-state index contributed by atoms with van der Waals surface area (Å²) in [5.74, 6) is -20.8. The Hall–Kier alpha value is -1.20. The second-order valence-electron chi connectivity index (χ2n) is 6.15. The van der Waals surface area contributed by atoms with Crippen molar-refractivity contribution in [3.05, 3.63) is 31.2 Å². The van der Waals surface area contributed by atoms with E-state index in [1.165, 1.54) is 20.8 Å². The van der Waals surface area contributed by atoms with Crippen LogP contribution in [0.5, 0.6) is 0 Å². The van der Waals surface area contributed by atoms with Gasteiger partial charge in [-0.05, 0) is 20.8 Å². The van der Waals surface area contributed by atoms with Crippen molar-refractivity contribution in [2.45, 2.75) is 57.0 Å². The normalized spacial score (nSPS) is 26.4. The number of thiazole rings is 2. The number of alkyl halides is 6. The van der Waals surface area contributed by atoms with Crippen LogP contribution in [0.25, 0.3) is 0 Å². The van der Waals surface area contributed by atoms with E-state index >= 15 is 0 Å². The van der Waals surface area contributed by atoms with Crippen molar-refractivity contribution in [3.8, 4) is 0 Å². The van der Waals surface area contributed by atoms with E-state index in [1.807, 2.05) is 0 Å². The van der Waals surface area contributed by atoms with Crippen LogP contribution in [0, 0.1) is 20.8 Å². The van der Waals surface area contributed by atoms with E-state index in [4.69, 9.17) is 0 Å². The maximum atomic E-state index is 14.6. The van der Waals surface area contributed by atoms with E-state index in [0.29, 0.717) is 5.01 Å². The molecule has 26 heavy (non-hydrogen) atoms. The van der Waals surface area contributed by atoms with Gasteiger partial charge in [-0.3, -0.25) is 0 Å². The molecule has 0 radical (unpaired) electrons. The molecule has 0 amide bonds. The fourth-order valence-corrected chi connectivity index (χ4v) is 5.07. The fraction of sp³-hybridized carbons (Fsp3) is 0.600. The zero-order chi connectivity index (χ0) is 19.7. The third kappa shape index (κ3) is 2.43. The monoisotopic (exact) mass is 416 g/mol. The molecule has 11 heteroatoms. The summed E-state index contributed by atoms with van der Waals surface area (Å²) >= 11 is 1.77. The lowest BCUT2D eigenvalue weighted by Crippen LogP contribution is -2.48. The third-order valence-electron chi connectivity index (χ3n) is 4.46. The van der Waals surface area contributed by atoms with E-state index in [-0.39, 0.29) is 14.8 Å². The Labute approximate surface area is 152 Å². The molecule has 3 rings (SSSR count). The first-order valence-electron chi connectivity index (χ1n) is 7.50. The molecule has 0 aliphatic heterocycles. The lowest BCUT2D eigenvalue weighted by atomic mass is 9.86. The summed E-state index contributed by atoms with van der Waals surface area (Å²) in [7, 11) is 0. The Morgan fingerprint density at radius 2 is 1.31 bits per heavy atom. The molecule has 0 aromatic carbocycles. The van der Waals surface area contributed by atoms with Crippen LogP contribution in [-0.4, -0.2) is 32.8 Å². The predicted octanol–water partition coefficient (Wildman–Crippen LogP) is 4.80. The van der Waals surface area contributed by atoms with Gasteiger partial charge in [-0.2, -0.15) is 26.3 Å². The molecule has 1 aliphatic rings. The zero-order valence-corrected chi connectivity index (χ0v) is 15.4. The number of nitrogens with zero attached hydrogens (tertiary/aromatic N) is 2. The minimum Gasteiger partial charge on any atom is -0.391 e. The van der Waals surface area contributed by atoms with Gasteiger partial charge in [0, 0.05) is 4.88 Å². The van der Waals surface area contributed by atoms with E-state index < -0.39 is 47.6 Å². The molecule has 144 valence electrons. The van der Waals surface area contributed by atoms with Crippen molar-refractivity contribution in [3.63, 3.8) is 0 Å². The van der Waals surface area contributed by atoms with Gasteiger partial charge >= 0.3 is 17.8 Å². The predicted molar refractivity (Wildman–Crippen MR) is 84.7 cm³/mol. The van der Waals surface area contributed by atoms with Gasteiger partial charge in [-0.15, -0.1) is 22.7 Å². The number of aliphatic hydroxyl groups excluding tert-OH is 1. The quantitative estimate of drug-likeness (QED) is 0.731. The van der Waals surface area contributed by atoms with Crippen LogP contribution in [0.1, 0.15) is 43.0 Å². The first kappa shape index (κ1) is 19.6. The van der Waals surface area contributed by atoms with Crippen molar-refractivity contribution in [1.82, 2.24) is 9.97 Å². The fourth-order valence-electron chi connectivity index (χ4n) is 3.37. The molecule has 2 aromatic rings. The SMILES string of the molecule is Cc1nc(C2C(c3nc(C)sc3CO)C(F)(F)C(F)(F)C2(F)F)c(C)s1. The summed E-state index contributed by atoms with van der Waals surface area (Å²) in [6.45, 7) is 3.52. The van der Waals surface area contributed by atoms with Crippen molar-refractivity contribution in [2.24, 2.45) is 0 Å². The Morgan fingerprint density at radius 3 is 1.77 bits per heavy atom. The van der Waals surface area contributed by atoms with Gasteiger partial charge in [0.15, 0.2) is 0 Å². The highest BCUT2D eigenvalue weighted by Crippen LogP contribution is 2.69. The van der Waals surface area contributed by atoms with Crippen LogP contribution in [-0.2, 0) is 6.61 Å². The molecule has 0 bridgehead atoms. The molecule has 0 saturated heterocycles. The summed E-state index contributed by atoms with van der Waals surface area (Å²) < 4.78 is 86.6. The van der Waals surface area contributed by atoms with E-state index in [0.717, 1.165) is 22.7 Å². The van der Waals surface area contributed by atoms with Crippen molar-refractivity contribution < 1.29 is 31.4 Å². The highest BCUT2D eigenvalue weighted by atomic mass is 32.1. The summed E-state index contributed by atoms with van der Waals surface area (Å²) in [6.07, 6.45) is 0. The number of halogens is 6. The van der Waals surface area contributed by atoms with Gasteiger partial charge in [0.2, 0.25) is 0 Å². The zero-order valence-electron chi connectivity index (χ0n) is 13.8. The van der Waals surface area contributed by atoms with Crippen LogP contribution < -0.4 is 0 Å². The summed E-state index contributed by atoms with van der Waals surface area (Å²) in [4.78, 5) is 7.67. The van der Waals surface area contributed by atoms with Crippen LogP contribution in [0.3, 0.4) is 0 Å². The number of hydrogen-bond acceptors (Lipinski definition) is 5. The molecular weight excluding hydrogens is 402 g/mol. The Kier molecular flexibility index (Phi) is 4.44. The lowest BCUT2D eigenvalue weighted by molar-refractivity contribution is -0.275. The average Bonchev–Trinajstić information content (AvgIpc) is 3.07. The Bertz CT molecular complexity index is 847. The molecule has 1 saturated carbocycles. The average molecular weight is 416 g/mol. The summed E-state index contributed by atoms with van der Waals surface area (Å²) in [5, 5.41) is 9.89. The van der Waals surface area contributed by atoms with Crippen LogP contribution in [0.2, 0.25) is 0 Å². The second kappa shape index (κ2) is 5.90. The van der Waals surface area contributed by atoms with Gasteiger partial charge in [-0.25, -0.2) is 9.97 Å². The van der Waals surface area contributed by atoms with E-state index in [9.17, 15) is 31.4 Å². The van der Waals surface area contributed by atoms with Crippen LogP contribution >= 0.6 is 22.7 Å². The first-order valence-corrected chi connectivity index (χ1v) is 9.14. The van der Waals surface area contributed by atoms with Gasteiger partial charge in [0.1, 0.15) is 0 Å². The number of aliphatic hydroxyl groups is 1. The summed E-state index contributed by atoms with van der Waals surface area (Å²) in [6, 6.07) is 0. The van der Waals surface area contributed by atoms with Crippen molar-refractivity contribution in [2.75, 3.05) is 0 Å². The molecule has 1 aliphatic carbocycles. The van der Waals surface area contributed by atoms with E-state index in [1.54, 1.807) is 0 Å². The standard InChI is InChI=1S/C15H14F6N2OS2/c1-5-11(22-6(2)25-5)9-10(12-8(4-24)26-7(3)23-12)14(18,19)15(20,21)13(9,16)17/h9-10,24H,4H2,1-3H3. The van der Waals surface area contributed by atoms with Crippen molar-refractivity contribution >= 4 is 22.7 Å². The number of rotatable bonds is 3. The molecule has 3 nitrogen and oxygen atoms in total. The maximum Gasteiger partial charge on any atom is 0.373 e. The number of aryl methyl sites for hydroxylation is 3. The molecular formula is C15H14F6N2OS2. The Morgan fingerprint density at radius 1 is 0.846 bits per heavy atom. The minimum absolute atomic E-state index is 0.129. The van der Waals surface area contributed by atoms with Gasteiger partial charge in [0.05, 0.1) is 44.7 Å². The van der Waals surface area contributed by atoms with Gasteiger partial charge in [-0.1, -0.05) is 0 Å². The van der Waals surface area contributed by atoms with Crippen LogP contribution in [0.15, 0.2) is 0 Å². The molecule has 2 heterocycles. The minimum atomic E-state index is -5.58. The number of hydrogen-bond donors (Lipinski definition) is 1. The molecule has 2 unspecified atom stereocenters. The molecule has 2 atom stereocenters. The highest BCUT2D eigenvalue weighted by Gasteiger charge is 2.86. The molecule has 1 fully saturated rings. The summed E-state index contributed by atoms with van der Waals surface area (Å²) in [5.41, 5.74) is -1.10. The molecule has 2 aromatic heterocycles. The molecule has 0 spiro atoms. The first-order chi connectivity index (χ1) is 11.9. The third-order valence-corrected chi connectivity index (χ3v) is 6.33. The second-order valence-corrected chi connectivity index (χ2v) is 8.84. The largest absolute Gasteiger partial charge is 0.391 e. The van der Waals surface area contributed by atoms with Gasteiger partial charge < -0.3 is 5.11 Å². The van der Waals surface area contributed by atoms with E-state index in [2.05, 4.69) is 9.97 Å². The lowest BCUT2D eigenvalue weighted by Gasteiger charge is -2.24. The van der Waals surface area contributed by atoms with Crippen molar-refractivity contribution in [1.29, 1.82) is 0 Å². The van der Waals surface area contributed by atoms with Gasteiger partial charge in [0.25, 0.3) is 0 Å². The topological polar surface area (TPSA) is 46.0 Å². The smallest absolute Gasteiger partial charge is 0.373 e. The number of aromatic nitrogens is 2. The maximum absolute atomic E-state index is 14.6. The van der Waals surface area contributed by atoms with Crippen LogP contribution in [0.4, 0.5) is 26.3 Å².